The van der Waals surface area contributed by atoms with Crippen LogP contribution in [0.2, 0.25) is 0 Å². The van der Waals surface area contributed by atoms with E-state index in [9.17, 15) is 21.6 Å². The number of aliphatic imine (C=N–C) groups is 1. The molecule has 2 aromatic rings. The van der Waals surface area contributed by atoms with Crippen molar-refractivity contribution in [2.24, 2.45) is 16.5 Å². The number of alkyl halides is 3. The zero-order valence-electron chi connectivity index (χ0n) is 14.2. The summed E-state index contributed by atoms with van der Waals surface area (Å²) in [5.41, 5.74) is 10.9. The highest BCUT2D eigenvalue weighted by molar-refractivity contribution is 7.90. The average molecular weight is 403 g/mol. The Morgan fingerprint density at radius 3 is 2.52 bits per heavy atom. The summed E-state index contributed by atoms with van der Waals surface area (Å²) in [6.07, 6.45) is -2.84. The summed E-state index contributed by atoms with van der Waals surface area (Å²) in [5, 5.41) is 2.67. The van der Waals surface area contributed by atoms with Crippen LogP contribution in [0.3, 0.4) is 0 Å². The molecule has 12 heteroatoms. The first-order chi connectivity index (χ1) is 12.4. The molecule has 1 atom stereocenters. The van der Waals surface area contributed by atoms with Gasteiger partial charge in [-0.3, -0.25) is 5.73 Å². The minimum Gasteiger partial charge on any atom is -0.496 e. The lowest BCUT2D eigenvalue weighted by molar-refractivity contribution is -0.137. The van der Waals surface area contributed by atoms with Crippen LogP contribution in [0.5, 0.6) is 5.75 Å². The van der Waals surface area contributed by atoms with Gasteiger partial charge in [0.1, 0.15) is 17.4 Å². The number of ether oxygens (including phenoxy) is 1. The molecule has 8 nitrogen and oxygen atoms in total. The molecule has 1 aromatic carbocycles. The zero-order chi connectivity index (χ0) is 20.2. The smallest absolute Gasteiger partial charge is 0.418 e. The van der Waals surface area contributed by atoms with Gasteiger partial charge in [0.05, 0.1) is 28.7 Å². The lowest BCUT2D eigenvalue weighted by atomic mass is 10.0. The number of aromatic nitrogens is 1. The number of nitrogens with zero attached hydrogens (tertiary/aromatic N) is 1. The molecular formula is C15H16F3N5O3S. The number of hydrogen-bond acceptors (Lipinski definition) is 7. The van der Waals surface area contributed by atoms with Gasteiger partial charge in [-0.2, -0.15) is 13.2 Å². The number of fused-ring (bicyclic) bond motifs is 1. The summed E-state index contributed by atoms with van der Waals surface area (Å²) in [5.74, 6) is -2.18. The van der Waals surface area contributed by atoms with Gasteiger partial charge in [0.25, 0.3) is 0 Å². The number of rotatable bonds is 3. The summed E-state index contributed by atoms with van der Waals surface area (Å²) in [7, 11) is -2.21. The Bertz CT molecular complexity index is 1050. The number of sulfone groups is 1. The Morgan fingerprint density at radius 2 is 1.96 bits per heavy atom. The van der Waals surface area contributed by atoms with E-state index in [4.69, 9.17) is 16.2 Å². The Labute approximate surface area is 152 Å². The molecule has 0 amide bonds. The van der Waals surface area contributed by atoms with Crippen molar-refractivity contribution in [3.05, 3.63) is 41.1 Å². The van der Waals surface area contributed by atoms with Crippen LogP contribution >= 0.6 is 0 Å². The molecule has 0 bridgehead atoms. The topological polar surface area (TPSA) is 136 Å². The number of methoxy groups -OCH3 is 1. The average Bonchev–Trinajstić information content (AvgIpc) is 2.97. The summed E-state index contributed by atoms with van der Waals surface area (Å²) in [6, 6.07) is 3.90. The third-order valence-corrected chi connectivity index (χ3v) is 5.18. The van der Waals surface area contributed by atoms with Crippen LogP contribution < -0.4 is 21.5 Å². The SMILES string of the molecule is COc1cc(S(C)(=O)=O)ccc1C1(N)N=C(N)c2c(C(F)(F)F)c[nH]c2N1. The molecule has 1 aliphatic heterocycles. The normalized spacial score (nSPS) is 19.9. The fraction of sp³-hybridized carbons (Fsp3) is 0.267. The van der Waals surface area contributed by atoms with Crippen molar-refractivity contribution in [3.63, 3.8) is 0 Å². The number of amidine groups is 1. The Balaban J connectivity index is 2.13. The highest BCUT2D eigenvalue weighted by Gasteiger charge is 2.42. The van der Waals surface area contributed by atoms with Gasteiger partial charge in [-0.1, -0.05) is 0 Å². The number of benzene rings is 1. The molecule has 27 heavy (non-hydrogen) atoms. The van der Waals surface area contributed by atoms with Gasteiger partial charge < -0.3 is 20.8 Å². The van der Waals surface area contributed by atoms with Crippen LogP contribution in [0.25, 0.3) is 0 Å². The Morgan fingerprint density at radius 1 is 1.30 bits per heavy atom. The predicted molar refractivity (Wildman–Crippen MR) is 92.1 cm³/mol. The van der Waals surface area contributed by atoms with Gasteiger partial charge in [-0.25, -0.2) is 13.4 Å². The number of halogens is 3. The van der Waals surface area contributed by atoms with E-state index in [0.717, 1.165) is 12.5 Å². The van der Waals surface area contributed by atoms with Crippen molar-refractivity contribution in [2.45, 2.75) is 16.9 Å². The quantitative estimate of drug-likeness (QED) is 0.611. The van der Waals surface area contributed by atoms with Gasteiger partial charge in [-0.05, 0) is 18.2 Å². The number of nitrogens with two attached hydrogens (primary N) is 2. The van der Waals surface area contributed by atoms with Crippen LogP contribution in [0.15, 0.2) is 34.3 Å². The first kappa shape index (κ1) is 19.0. The third-order valence-electron chi connectivity index (χ3n) is 4.07. The number of aromatic amines is 1. The van der Waals surface area contributed by atoms with Crippen LogP contribution in [0.1, 0.15) is 16.7 Å². The number of hydrogen-bond donors (Lipinski definition) is 4. The van der Waals surface area contributed by atoms with Crippen LogP contribution in [-0.4, -0.2) is 32.6 Å². The molecule has 0 saturated carbocycles. The molecule has 1 aliphatic rings. The molecule has 0 saturated heterocycles. The van der Waals surface area contributed by atoms with Gasteiger partial charge >= 0.3 is 6.18 Å². The van der Waals surface area contributed by atoms with E-state index in [0.29, 0.717) is 0 Å². The molecule has 1 unspecified atom stereocenters. The second-order valence-electron chi connectivity index (χ2n) is 5.97. The van der Waals surface area contributed by atoms with Crippen molar-refractivity contribution < 1.29 is 26.3 Å². The van der Waals surface area contributed by atoms with Crippen molar-refractivity contribution >= 4 is 21.5 Å². The predicted octanol–water partition coefficient (Wildman–Crippen LogP) is 1.35. The van der Waals surface area contributed by atoms with Gasteiger partial charge in [-0.15, -0.1) is 0 Å². The molecule has 3 rings (SSSR count). The van der Waals surface area contributed by atoms with E-state index in [1.54, 1.807) is 0 Å². The van der Waals surface area contributed by atoms with E-state index in [1.165, 1.54) is 25.3 Å². The Kier molecular flexibility index (Phi) is 4.15. The maximum atomic E-state index is 13.1. The van der Waals surface area contributed by atoms with Crippen molar-refractivity contribution in [1.29, 1.82) is 0 Å². The number of anilines is 1. The number of H-pyrrole nitrogens is 1. The van der Waals surface area contributed by atoms with E-state index >= 15 is 0 Å². The molecule has 146 valence electrons. The molecule has 0 radical (unpaired) electrons. The van der Waals surface area contributed by atoms with Gasteiger partial charge in [0.15, 0.2) is 9.84 Å². The van der Waals surface area contributed by atoms with Crippen molar-refractivity contribution in [2.75, 3.05) is 18.7 Å². The largest absolute Gasteiger partial charge is 0.496 e. The van der Waals surface area contributed by atoms with Crippen LogP contribution in [0, 0.1) is 0 Å². The lowest BCUT2D eigenvalue weighted by Gasteiger charge is -2.33. The summed E-state index contributed by atoms with van der Waals surface area (Å²) >= 11 is 0. The van der Waals surface area contributed by atoms with Gasteiger partial charge in [0, 0.05) is 12.5 Å². The van der Waals surface area contributed by atoms with E-state index in [2.05, 4.69) is 15.3 Å². The fourth-order valence-corrected chi connectivity index (χ4v) is 3.46. The molecule has 1 aromatic heterocycles. The van der Waals surface area contributed by atoms with E-state index in [1.807, 2.05) is 0 Å². The summed E-state index contributed by atoms with van der Waals surface area (Å²) in [4.78, 5) is 6.42. The molecular weight excluding hydrogens is 387 g/mol. The Hall–Kier alpha value is -2.73. The second-order valence-corrected chi connectivity index (χ2v) is 7.99. The minimum absolute atomic E-state index is 0.0145. The summed E-state index contributed by atoms with van der Waals surface area (Å²) in [6.45, 7) is 0. The molecule has 0 spiro atoms. The molecule has 0 aliphatic carbocycles. The highest BCUT2D eigenvalue weighted by atomic mass is 32.2. The highest BCUT2D eigenvalue weighted by Crippen LogP contribution is 2.40. The maximum absolute atomic E-state index is 13.1. The lowest BCUT2D eigenvalue weighted by Crippen LogP contribution is -2.48. The second kappa shape index (κ2) is 5.89. The minimum atomic E-state index is -4.63. The maximum Gasteiger partial charge on any atom is 0.418 e. The van der Waals surface area contributed by atoms with Crippen molar-refractivity contribution in [1.82, 2.24) is 4.98 Å². The third kappa shape index (κ3) is 3.21. The van der Waals surface area contributed by atoms with E-state index < -0.39 is 33.2 Å². The van der Waals surface area contributed by atoms with E-state index in [-0.39, 0.29) is 27.6 Å². The van der Waals surface area contributed by atoms with Gasteiger partial charge in [0.2, 0.25) is 5.79 Å². The van der Waals surface area contributed by atoms with Crippen LogP contribution in [-0.2, 0) is 21.8 Å². The monoisotopic (exact) mass is 403 g/mol. The number of nitrogens with one attached hydrogen (secondary N) is 2. The molecule has 0 fully saturated rings. The van der Waals surface area contributed by atoms with Crippen LogP contribution in [0.4, 0.5) is 19.0 Å². The first-order valence-electron chi connectivity index (χ1n) is 7.46. The molecule has 6 N–H and O–H groups in total. The van der Waals surface area contributed by atoms with Crippen molar-refractivity contribution in [3.8, 4) is 5.75 Å². The zero-order valence-corrected chi connectivity index (χ0v) is 15.0. The standard InChI is InChI=1S/C15H16F3N5O3S/c1-26-10-5-7(27(2,24)25)3-4-8(10)15(20)22-12(19)11-9(14(16,17)18)6-21-13(11)23-15/h3-6,21,23H,20H2,1-2H3,(H2,19,22). The fourth-order valence-electron chi connectivity index (χ4n) is 2.82. The summed E-state index contributed by atoms with van der Waals surface area (Å²) < 4.78 is 68.0. The first-order valence-corrected chi connectivity index (χ1v) is 9.36. The molecule has 2 heterocycles.